The largest absolute Gasteiger partial charge is 0.364 e. The average molecular weight is 318 g/mol. The molecule has 0 bridgehead atoms. The number of nitrogens with one attached hydrogen (secondary N) is 1. The van der Waals surface area contributed by atoms with Crippen molar-refractivity contribution in [2.45, 2.75) is 52.4 Å². The lowest BCUT2D eigenvalue weighted by Crippen LogP contribution is -2.47. The van der Waals surface area contributed by atoms with E-state index in [1.54, 1.807) is 0 Å². The maximum Gasteiger partial charge on any atom is 0.248 e. The van der Waals surface area contributed by atoms with Gasteiger partial charge in [-0.1, -0.05) is 37.3 Å². The monoisotopic (exact) mass is 318 g/mol. The molecular formula is C19H30N2O2. The number of nitrogens with zero attached hydrogens (tertiary/aromatic N) is 1. The van der Waals surface area contributed by atoms with Gasteiger partial charge in [0.05, 0.1) is 6.61 Å². The first kappa shape index (κ1) is 18.0. The molecule has 0 aliphatic carbocycles. The van der Waals surface area contributed by atoms with Crippen molar-refractivity contribution in [3.63, 3.8) is 0 Å². The van der Waals surface area contributed by atoms with E-state index in [9.17, 15) is 4.79 Å². The lowest BCUT2D eigenvalue weighted by Gasteiger charge is -2.35. The molecule has 1 heterocycles. The molecule has 0 unspecified atom stereocenters. The Balaban J connectivity index is 1.69. The standard InChI is InChI=1S/C19H30N2O2/c1-15-8-7-11-21(13-15)16(2)12-20-19(22)17(3)23-14-18-9-5-4-6-10-18/h4-6,9-10,15-17H,7-8,11-14H2,1-3H3,(H,20,22)/t15-,16-,17+/m1/s1. The molecule has 128 valence electrons. The van der Waals surface area contributed by atoms with E-state index in [2.05, 4.69) is 24.1 Å². The summed E-state index contributed by atoms with van der Waals surface area (Å²) in [7, 11) is 0. The Bertz CT molecular complexity index is 478. The number of benzene rings is 1. The van der Waals surface area contributed by atoms with Crippen LogP contribution in [0.3, 0.4) is 0 Å². The number of hydrogen-bond acceptors (Lipinski definition) is 3. The Labute approximate surface area is 140 Å². The second kappa shape index (κ2) is 9.04. The molecule has 1 aromatic carbocycles. The van der Waals surface area contributed by atoms with Crippen molar-refractivity contribution in [3.8, 4) is 0 Å². The van der Waals surface area contributed by atoms with Crippen molar-refractivity contribution in [2.24, 2.45) is 5.92 Å². The highest BCUT2D eigenvalue weighted by atomic mass is 16.5. The van der Waals surface area contributed by atoms with Crippen molar-refractivity contribution in [2.75, 3.05) is 19.6 Å². The first-order valence-corrected chi connectivity index (χ1v) is 8.73. The molecule has 0 saturated carbocycles. The zero-order chi connectivity index (χ0) is 16.7. The van der Waals surface area contributed by atoms with Crippen molar-refractivity contribution in [1.29, 1.82) is 0 Å². The minimum absolute atomic E-state index is 0.0298. The lowest BCUT2D eigenvalue weighted by molar-refractivity contribution is -0.132. The lowest BCUT2D eigenvalue weighted by atomic mass is 9.99. The number of carbonyl (C=O) groups excluding carboxylic acids is 1. The fourth-order valence-electron chi connectivity index (χ4n) is 3.02. The molecule has 1 N–H and O–H groups in total. The molecule has 2 rings (SSSR count). The number of piperidine rings is 1. The quantitative estimate of drug-likeness (QED) is 0.840. The molecule has 0 spiro atoms. The van der Waals surface area contributed by atoms with E-state index in [4.69, 9.17) is 4.74 Å². The molecule has 23 heavy (non-hydrogen) atoms. The molecule has 4 heteroatoms. The predicted molar refractivity (Wildman–Crippen MR) is 93.1 cm³/mol. The van der Waals surface area contributed by atoms with Gasteiger partial charge in [-0.05, 0) is 44.7 Å². The van der Waals surface area contributed by atoms with E-state index in [-0.39, 0.29) is 5.91 Å². The van der Waals surface area contributed by atoms with Crippen LogP contribution in [0.4, 0.5) is 0 Å². The van der Waals surface area contributed by atoms with Gasteiger partial charge in [-0.2, -0.15) is 0 Å². The van der Waals surface area contributed by atoms with Gasteiger partial charge in [-0.25, -0.2) is 0 Å². The normalized spacial score (nSPS) is 21.6. The van der Waals surface area contributed by atoms with Gasteiger partial charge in [-0.15, -0.1) is 0 Å². The minimum Gasteiger partial charge on any atom is -0.364 e. The molecule has 4 nitrogen and oxygen atoms in total. The second-order valence-electron chi connectivity index (χ2n) is 6.78. The van der Waals surface area contributed by atoms with Gasteiger partial charge in [0.2, 0.25) is 5.91 Å². The summed E-state index contributed by atoms with van der Waals surface area (Å²) in [6.45, 7) is 9.73. The zero-order valence-electron chi connectivity index (χ0n) is 14.6. The van der Waals surface area contributed by atoms with E-state index >= 15 is 0 Å². The van der Waals surface area contributed by atoms with Gasteiger partial charge in [0.25, 0.3) is 0 Å². The Morgan fingerprint density at radius 2 is 2.09 bits per heavy atom. The summed E-state index contributed by atoms with van der Waals surface area (Å²) < 4.78 is 5.66. The first-order chi connectivity index (χ1) is 11.1. The molecular weight excluding hydrogens is 288 g/mol. The van der Waals surface area contributed by atoms with E-state index in [0.29, 0.717) is 19.2 Å². The van der Waals surface area contributed by atoms with E-state index in [0.717, 1.165) is 24.6 Å². The first-order valence-electron chi connectivity index (χ1n) is 8.73. The zero-order valence-corrected chi connectivity index (χ0v) is 14.6. The maximum absolute atomic E-state index is 12.2. The molecule has 3 atom stereocenters. The summed E-state index contributed by atoms with van der Waals surface area (Å²) in [6, 6.07) is 10.3. The topological polar surface area (TPSA) is 41.6 Å². The smallest absolute Gasteiger partial charge is 0.248 e. The van der Waals surface area contributed by atoms with Crippen LogP contribution >= 0.6 is 0 Å². The molecule has 1 fully saturated rings. The summed E-state index contributed by atoms with van der Waals surface area (Å²) in [5.74, 6) is 0.730. The van der Waals surface area contributed by atoms with Crippen LogP contribution < -0.4 is 5.32 Å². The molecule has 1 aliphatic rings. The number of amides is 1. The number of rotatable bonds is 7. The Hall–Kier alpha value is -1.39. The highest BCUT2D eigenvalue weighted by molar-refractivity contribution is 5.80. The third kappa shape index (κ3) is 5.96. The molecule has 1 aromatic rings. The van der Waals surface area contributed by atoms with E-state index in [1.807, 2.05) is 37.3 Å². The molecule has 1 aliphatic heterocycles. The highest BCUT2D eigenvalue weighted by Gasteiger charge is 2.22. The van der Waals surface area contributed by atoms with Crippen molar-refractivity contribution < 1.29 is 9.53 Å². The minimum atomic E-state index is -0.428. The third-order valence-corrected chi connectivity index (χ3v) is 4.60. The maximum atomic E-state index is 12.2. The van der Waals surface area contributed by atoms with Crippen LogP contribution in [-0.2, 0) is 16.1 Å². The molecule has 0 aromatic heterocycles. The van der Waals surface area contributed by atoms with Crippen LogP contribution in [-0.4, -0.2) is 42.6 Å². The number of hydrogen-bond donors (Lipinski definition) is 1. The SMILES string of the molecule is C[C@@H]1CCCN([C@H](C)CNC(=O)[C@H](C)OCc2ccccc2)C1. The van der Waals surface area contributed by atoms with Crippen LogP contribution in [0.5, 0.6) is 0 Å². The van der Waals surface area contributed by atoms with Gasteiger partial charge in [-0.3, -0.25) is 9.69 Å². The van der Waals surface area contributed by atoms with Crippen molar-refractivity contribution >= 4 is 5.91 Å². The van der Waals surface area contributed by atoms with Crippen LogP contribution in [0.1, 0.15) is 39.2 Å². The van der Waals surface area contributed by atoms with Crippen LogP contribution in [0, 0.1) is 5.92 Å². The highest BCUT2D eigenvalue weighted by Crippen LogP contribution is 2.17. The Morgan fingerprint density at radius 3 is 2.78 bits per heavy atom. The summed E-state index contributed by atoms with van der Waals surface area (Å²) in [5, 5.41) is 3.02. The summed E-state index contributed by atoms with van der Waals surface area (Å²) >= 11 is 0. The Morgan fingerprint density at radius 1 is 1.35 bits per heavy atom. The van der Waals surface area contributed by atoms with Gasteiger partial charge < -0.3 is 10.1 Å². The summed E-state index contributed by atoms with van der Waals surface area (Å²) in [5.41, 5.74) is 1.09. The van der Waals surface area contributed by atoms with Crippen LogP contribution in [0.25, 0.3) is 0 Å². The van der Waals surface area contributed by atoms with E-state index < -0.39 is 6.10 Å². The molecule has 0 radical (unpaired) electrons. The fraction of sp³-hybridized carbons (Fsp3) is 0.632. The molecule has 1 amide bonds. The van der Waals surface area contributed by atoms with E-state index in [1.165, 1.54) is 12.8 Å². The van der Waals surface area contributed by atoms with Gasteiger partial charge in [0, 0.05) is 19.1 Å². The summed E-state index contributed by atoms with van der Waals surface area (Å²) in [6.07, 6.45) is 2.15. The molecule has 1 saturated heterocycles. The predicted octanol–water partition coefficient (Wildman–Crippen LogP) is 2.83. The van der Waals surface area contributed by atoms with Crippen LogP contribution in [0.2, 0.25) is 0 Å². The van der Waals surface area contributed by atoms with Gasteiger partial charge in [0.15, 0.2) is 0 Å². The third-order valence-electron chi connectivity index (χ3n) is 4.60. The van der Waals surface area contributed by atoms with Crippen molar-refractivity contribution in [1.82, 2.24) is 10.2 Å². The number of likely N-dealkylation sites (tertiary alicyclic amines) is 1. The van der Waals surface area contributed by atoms with Gasteiger partial charge >= 0.3 is 0 Å². The number of ether oxygens (including phenoxy) is 1. The van der Waals surface area contributed by atoms with Crippen LogP contribution in [0.15, 0.2) is 30.3 Å². The fourth-order valence-corrected chi connectivity index (χ4v) is 3.02. The second-order valence-corrected chi connectivity index (χ2v) is 6.78. The number of carbonyl (C=O) groups is 1. The van der Waals surface area contributed by atoms with Gasteiger partial charge in [0.1, 0.15) is 6.10 Å². The summed E-state index contributed by atoms with van der Waals surface area (Å²) in [4.78, 5) is 14.6. The Kier molecular flexibility index (Phi) is 7.06. The van der Waals surface area contributed by atoms with Crippen molar-refractivity contribution in [3.05, 3.63) is 35.9 Å². The average Bonchev–Trinajstić information content (AvgIpc) is 2.58.